The molecular formula is C22H35IN4O2. The average molecular weight is 514 g/mol. The Bertz CT molecular complexity index is 660. The van der Waals surface area contributed by atoms with Gasteiger partial charge in [-0.25, -0.2) is 0 Å². The fourth-order valence-corrected chi connectivity index (χ4v) is 4.01. The fourth-order valence-electron chi connectivity index (χ4n) is 4.01. The molecule has 1 unspecified atom stereocenters. The number of amides is 1. The molecule has 3 N–H and O–H groups in total. The molecule has 0 spiro atoms. The van der Waals surface area contributed by atoms with E-state index in [1.807, 2.05) is 18.2 Å². The highest BCUT2D eigenvalue weighted by atomic mass is 127. The summed E-state index contributed by atoms with van der Waals surface area (Å²) < 4.78 is 6.05. The molecule has 7 heteroatoms. The Morgan fingerprint density at radius 3 is 2.69 bits per heavy atom. The molecule has 6 nitrogen and oxygen atoms in total. The lowest BCUT2D eigenvalue weighted by Crippen LogP contribution is -2.39. The number of benzene rings is 1. The number of nitrogens with zero attached hydrogens (tertiary/aromatic N) is 1. The van der Waals surface area contributed by atoms with Gasteiger partial charge >= 0.3 is 0 Å². The van der Waals surface area contributed by atoms with Crippen molar-refractivity contribution in [2.75, 3.05) is 31.6 Å². The van der Waals surface area contributed by atoms with Gasteiger partial charge in [-0.05, 0) is 31.4 Å². The first-order valence-electron chi connectivity index (χ1n) is 10.8. The number of anilines is 1. The van der Waals surface area contributed by atoms with Crippen LogP contribution in [0.5, 0.6) is 0 Å². The third-order valence-electron chi connectivity index (χ3n) is 5.47. The minimum atomic E-state index is 0. The van der Waals surface area contributed by atoms with Crippen LogP contribution in [0.3, 0.4) is 0 Å². The second kappa shape index (κ2) is 13.1. The first kappa shape index (κ1) is 23.9. The van der Waals surface area contributed by atoms with E-state index in [9.17, 15) is 4.79 Å². The molecule has 1 aromatic rings. The van der Waals surface area contributed by atoms with Gasteiger partial charge in [0, 0.05) is 31.1 Å². The Morgan fingerprint density at radius 2 is 1.93 bits per heavy atom. The number of halogens is 1. The minimum Gasteiger partial charge on any atom is -0.376 e. The highest BCUT2D eigenvalue weighted by Crippen LogP contribution is 2.31. The van der Waals surface area contributed by atoms with Gasteiger partial charge in [0.15, 0.2) is 5.96 Å². The highest BCUT2D eigenvalue weighted by molar-refractivity contribution is 14.0. The minimum absolute atomic E-state index is 0. The van der Waals surface area contributed by atoms with Gasteiger partial charge in [-0.2, -0.15) is 0 Å². The molecule has 29 heavy (non-hydrogen) atoms. The molecule has 3 rings (SSSR count). The molecule has 2 aliphatic rings. The van der Waals surface area contributed by atoms with Crippen LogP contribution in [0, 0.1) is 0 Å². The summed E-state index contributed by atoms with van der Waals surface area (Å²) in [5.41, 5.74) is 2.08. The molecule has 1 aliphatic carbocycles. The van der Waals surface area contributed by atoms with Gasteiger partial charge < -0.3 is 20.7 Å². The molecule has 162 valence electrons. The van der Waals surface area contributed by atoms with Crippen molar-refractivity contribution in [3.8, 4) is 0 Å². The Hall–Kier alpha value is -1.35. The summed E-state index contributed by atoms with van der Waals surface area (Å²) in [4.78, 5) is 16.7. The van der Waals surface area contributed by atoms with E-state index < -0.39 is 0 Å². The number of rotatable bonds is 7. The second-order valence-electron chi connectivity index (χ2n) is 7.67. The molecule has 1 aliphatic heterocycles. The Kier molecular flexibility index (Phi) is 10.8. The van der Waals surface area contributed by atoms with E-state index in [1.165, 1.54) is 44.1 Å². The van der Waals surface area contributed by atoms with Gasteiger partial charge in [0.25, 0.3) is 0 Å². The van der Waals surface area contributed by atoms with Crippen LogP contribution in [-0.2, 0) is 9.53 Å². The number of carbonyl (C=O) groups excluding carboxylic acids is 1. The van der Waals surface area contributed by atoms with E-state index in [1.54, 1.807) is 0 Å². The molecule has 1 aromatic carbocycles. The van der Waals surface area contributed by atoms with Gasteiger partial charge in [0.2, 0.25) is 5.91 Å². The molecule has 0 saturated heterocycles. The van der Waals surface area contributed by atoms with Gasteiger partial charge in [0.05, 0.1) is 19.3 Å². The summed E-state index contributed by atoms with van der Waals surface area (Å²) in [5, 5.41) is 9.60. The van der Waals surface area contributed by atoms with Crippen LogP contribution in [0.25, 0.3) is 0 Å². The van der Waals surface area contributed by atoms with E-state index in [2.05, 4.69) is 28.9 Å². The number of ether oxygens (including phenoxy) is 1. The van der Waals surface area contributed by atoms with Crippen LogP contribution in [0.1, 0.15) is 63.4 Å². The molecule has 1 saturated carbocycles. The molecule has 0 radical (unpaired) electrons. The van der Waals surface area contributed by atoms with Crippen LogP contribution in [0.15, 0.2) is 29.3 Å². The Balaban J connectivity index is 0.00000300. The summed E-state index contributed by atoms with van der Waals surface area (Å²) in [6, 6.07) is 8.00. The van der Waals surface area contributed by atoms with Crippen molar-refractivity contribution in [1.29, 1.82) is 0 Å². The normalized spacial score (nSPS) is 20.1. The van der Waals surface area contributed by atoms with Crippen LogP contribution >= 0.6 is 24.0 Å². The van der Waals surface area contributed by atoms with Crippen LogP contribution in [0.4, 0.5) is 5.69 Å². The summed E-state index contributed by atoms with van der Waals surface area (Å²) in [6.07, 6.45) is 8.55. The van der Waals surface area contributed by atoms with E-state index in [0.29, 0.717) is 25.7 Å². The second-order valence-corrected chi connectivity index (χ2v) is 7.67. The Labute approximate surface area is 191 Å². The third-order valence-corrected chi connectivity index (χ3v) is 5.47. The van der Waals surface area contributed by atoms with Crippen molar-refractivity contribution in [2.45, 2.75) is 63.9 Å². The number of para-hydroxylation sites is 1. The fraction of sp³-hybridized carbons (Fsp3) is 0.636. The van der Waals surface area contributed by atoms with Crippen LogP contribution in [-0.4, -0.2) is 44.2 Å². The molecule has 1 atom stereocenters. The van der Waals surface area contributed by atoms with Crippen molar-refractivity contribution >= 4 is 41.5 Å². The van der Waals surface area contributed by atoms with E-state index in [-0.39, 0.29) is 35.8 Å². The maximum atomic E-state index is 12.0. The lowest BCUT2D eigenvalue weighted by Gasteiger charge is -2.24. The summed E-state index contributed by atoms with van der Waals surface area (Å²) in [5.74, 6) is 0.965. The molecular weight excluding hydrogens is 479 g/mol. The number of nitrogens with one attached hydrogen (secondary N) is 3. The molecule has 0 aromatic heterocycles. The first-order chi connectivity index (χ1) is 13.8. The van der Waals surface area contributed by atoms with Crippen molar-refractivity contribution in [2.24, 2.45) is 4.99 Å². The largest absolute Gasteiger partial charge is 0.376 e. The molecule has 1 heterocycles. The lowest BCUT2D eigenvalue weighted by molar-refractivity contribution is -0.116. The first-order valence-corrected chi connectivity index (χ1v) is 10.8. The Morgan fingerprint density at radius 1 is 1.17 bits per heavy atom. The number of aliphatic imine (C=N–C) groups is 1. The SMILES string of the molecule is CCNC(=NCC1CC(=O)Nc2ccccc21)NCCOC1CCCCCC1.I. The third kappa shape index (κ3) is 7.77. The predicted molar refractivity (Wildman–Crippen MR) is 129 cm³/mol. The summed E-state index contributed by atoms with van der Waals surface area (Å²) >= 11 is 0. The monoisotopic (exact) mass is 514 g/mol. The number of hydrogen-bond acceptors (Lipinski definition) is 3. The summed E-state index contributed by atoms with van der Waals surface area (Å²) in [7, 11) is 0. The number of hydrogen-bond donors (Lipinski definition) is 3. The van der Waals surface area contributed by atoms with Crippen molar-refractivity contribution in [1.82, 2.24) is 10.6 Å². The van der Waals surface area contributed by atoms with Gasteiger partial charge in [-0.1, -0.05) is 43.9 Å². The van der Waals surface area contributed by atoms with E-state index in [4.69, 9.17) is 9.73 Å². The number of guanidine groups is 1. The maximum Gasteiger partial charge on any atom is 0.225 e. The summed E-state index contributed by atoms with van der Waals surface area (Å²) in [6.45, 7) is 4.89. The predicted octanol–water partition coefficient (Wildman–Crippen LogP) is 4.02. The van der Waals surface area contributed by atoms with Gasteiger partial charge in [0.1, 0.15) is 0 Å². The zero-order chi connectivity index (χ0) is 19.6. The average Bonchev–Trinajstić information content (AvgIpc) is 2.97. The molecule has 1 amide bonds. The highest BCUT2D eigenvalue weighted by Gasteiger charge is 2.24. The van der Waals surface area contributed by atoms with Crippen LogP contribution in [0.2, 0.25) is 0 Å². The number of carbonyl (C=O) groups is 1. The van der Waals surface area contributed by atoms with Crippen LogP contribution < -0.4 is 16.0 Å². The quantitative estimate of drug-likeness (QED) is 0.169. The van der Waals surface area contributed by atoms with E-state index >= 15 is 0 Å². The van der Waals surface area contributed by atoms with Gasteiger partial charge in [-0.3, -0.25) is 9.79 Å². The van der Waals surface area contributed by atoms with Crippen molar-refractivity contribution in [3.05, 3.63) is 29.8 Å². The van der Waals surface area contributed by atoms with Crippen molar-refractivity contribution in [3.63, 3.8) is 0 Å². The van der Waals surface area contributed by atoms with Crippen molar-refractivity contribution < 1.29 is 9.53 Å². The zero-order valence-electron chi connectivity index (χ0n) is 17.4. The maximum absolute atomic E-state index is 12.0. The smallest absolute Gasteiger partial charge is 0.225 e. The zero-order valence-corrected chi connectivity index (χ0v) is 19.7. The molecule has 1 fully saturated rings. The lowest BCUT2D eigenvalue weighted by atomic mass is 9.91. The van der Waals surface area contributed by atoms with E-state index in [0.717, 1.165) is 24.7 Å². The standard InChI is InChI=1S/C22H34N4O2.HI/c1-2-23-22(24-13-14-28-18-9-5-3-4-6-10-18)25-16-17-15-21(27)26-20-12-8-7-11-19(17)20;/h7-8,11-12,17-18H,2-6,9-10,13-16H2,1H3,(H,26,27)(H2,23,24,25);1H. The van der Waals surface area contributed by atoms with Gasteiger partial charge in [-0.15, -0.1) is 24.0 Å². The molecule has 0 bridgehead atoms. The number of fused-ring (bicyclic) bond motifs is 1. The topological polar surface area (TPSA) is 74.8 Å².